The van der Waals surface area contributed by atoms with Gasteiger partial charge in [-0.2, -0.15) is 0 Å². The largest absolute Gasteiger partial charge is 0.495 e. The molecule has 1 heterocycles. The van der Waals surface area contributed by atoms with Gasteiger partial charge >= 0.3 is 6.09 Å². The molecule has 0 spiro atoms. The molecule has 0 bridgehead atoms. The number of carbonyl (C=O) groups is 1. The van der Waals surface area contributed by atoms with E-state index in [2.05, 4.69) is 10.2 Å². The molecule has 1 aliphatic heterocycles. The van der Waals surface area contributed by atoms with Gasteiger partial charge in [-0.3, -0.25) is 10.2 Å². The van der Waals surface area contributed by atoms with Gasteiger partial charge in [0.15, 0.2) is 0 Å². The highest BCUT2D eigenvalue weighted by atomic mass is 16.5. The molecule has 0 radical (unpaired) electrons. The van der Waals surface area contributed by atoms with Gasteiger partial charge < -0.3 is 14.2 Å². The normalized spacial score (nSPS) is 15.7. The molecule has 0 aromatic heterocycles. The standard InChI is InChI=1S/C14H20N2O4/c1-18-13-5-3-2-4-12(13)15-14(17)20-11-8-16-6-9-19-10-7-16/h2-5H,6-11H2,1H3,(H,15,17). The number of ether oxygens (including phenoxy) is 3. The maximum atomic E-state index is 11.7. The molecule has 20 heavy (non-hydrogen) atoms. The summed E-state index contributed by atoms with van der Waals surface area (Å²) in [5, 5.41) is 2.67. The molecule has 0 atom stereocenters. The number of anilines is 1. The number of hydrogen-bond donors (Lipinski definition) is 1. The summed E-state index contributed by atoms with van der Waals surface area (Å²) in [6.07, 6.45) is -0.470. The van der Waals surface area contributed by atoms with Crippen LogP contribution in [-0.4, -0.2) is 57.6 Å². The second kappa shape index (κ2) is 7.72. The minimum atomic E-state index is -0.470. The fraction of sp³-hybridized carbons (Fsp3) is 0.500. The van der Waals surface area contributed by atoms with Gasteiger partial charge in [0.05, 0.1) is 26.0 Å². The van der Waals surface area contributed by atoms with Crippen LogP contribution in [0, 0.1) is 0 Å². The van der Waals surface area contributed by atoms with E-state index in [0.717, 1.165) is 32.8 Å². The second-order valence-corrected chi connectivity index (χ2v) is 4.42. The highest BCUT2D eigenvalue weighted by Crippen LogP contribution is 2.22. The number of amides is 1. The number of nitrogens with one attached hydrogen (secondary N) is 1. The van der Waals surface area contributed by atoms with E-state index in [1.165, 1.54) is 0 Å². The average Bonchev–Trinajstić information content (AvgIpc) is 2.49. The van der Waals surface area contributed by atoms with Gasteiger partial charge in [0, 0.05) is 19.6 Å². The number of methoxy groups -OCH3 is 1. The summed E-state index contributed by atoms with van der Waals surface area (Å²) >= 11 is 0. The van der Waals surface area contributed by atoms with Crippen molar-refractivity contribution in [3.05, 3.63) is 24.3 Å². The minimum absolute atomic E-state index is 0.362. The van der Waals surface area contributed by atoms with E-state index in [1.807, 2.05) is 12.1 Å². The monoisotopic (exact) mass is 280 g/mol. The Morgan fingerprint density at radius 1 is 1.35 bits per heavy atom. The Labute approximate surface area is 118 Å². The zero-order valence-corrected chi connectivity index (χ0v) is 11.6. The summed E-state index contributed by atoms with van der Waals surface area (Å²) in [5.41, 5.74) is 0.603. The quantitative estimate of drug-likeness (QED) is 0.887. The van der Waals surface area contributed by atoms with E-state index >= 15 is 0 Å². The van der Waals surface area contributed by atoms with Crippen LogP contribution in [0.15, 0.2) is 24.3 Å². The third kappa shape index (κ3) is 4.40. The smallest absolute Gasteiger partial charge is 0.411 e. The molecule has 0 unspecified atom stereocenters. The molecule has 2 rings (SSSR count). The van der Waals surface area contributed by atoms with Gasteiger partial charge in [-0.15, -0.1) is 0 Å². The lowest BCUT2D eigenvalue weighted by Gasteiger charge is -2.26. The summed E-state index contributed by atoms with van der Waals surface area (Å²) in [6.45, 7) is 4.35. The van der Waals surface area contributed by atoms with Crippen LogP contribution in [-0.2, 0) is 9.47 Å². The number of benzene rings is 1. The van der Waals surface area contributed by atoms with E-state index in [4.69, 9.17) is 14.2 Å². The minimum Gasteiger partial charge on any atom is -0.495 e. The maximum Gasteiger partial charge on any atom is 0.411 e. The van der Waals surface area contributed by atoms with Gasteiger partial charge in [0.2, 0.25) is 0 Å². The Bertz CT molecular complexity index is 433. The predicted molar refractivity (Wildman–Crippen MR) is 75.2 cm³/mol. The number of rotatable bonds is 5. The van der Waals surface area contributed by atoms with Crippen LogP contribution in [0.3, 0.4) is 0 Å². The highest BCUT2D eigenvalue weighted by Gasteiger charge is 2.11. The zero-order chi connectivity index (χ0) is 14.2. The maximum absolute atomic E-state index is 11.7. The molecule has 1 aromatic carbocycles. The fourth-order valence-electron chi connectivity index (χ4n) is 1.99. The average molecular weight is 280 g/mol. The Hall–Kier alpha value is -1.79. The topological polar surface area (TPSA) is 60.0 Å². The van der Waals surface area contributed by atoms with Crippen molar-refractivity contribution in [3.63, 3.8) is 0 Å². The fourth-order valence-corrected chi connectivity index (χ4v) is 1.99. The van der Waals surface area contributed by atoms with Gasteiger partial charge in [0.1, 0.15) is 12.4 Å². The van der Waals surface area contributed by atoms with Crippen LogP contribution in [0.4, 0.5) is 10.5 Å². The van der Waals surface area contributed by atoms with Crippen LogP contribution < -0.4 is 10.1 Å². The van der Waals surface area contributed by atoms with E-state index in [-0.39, 0.29) is 0 Å². The Morgan fingerprint density at radius 2 is 2.10 bits per heavy atom. The third-order valence-corrected chi connectivity index (χ3v) is 3.09. The Morgan fingerprint density at radius 3 is 2.85 bits per heavy atom. The molecule has 1 saturated heterocycles. The van der Waals surface area contributed by atoms with Crippen molar-refractivity contribution >= 4 is 11.8 Å². The lowest BCUT2D eigenvalue weighted by atomic mass is 10.3. The molecule has 1 fully saturated rings. The van der Waals surface area contributed by atoms with Crippen LogP contribution in [0.1, 0.15) is 0 Å². The number of hydrogen-bond acceptors (Lipinski definition) is 5. The van der Waals surface area contributed by atoms with E-state index < -0.39 is 6.09 Å². The first-order chi connectivity index (χ1) is 9.79. The molecule has 1 amide bonds. The number of carbonyl (C=O) groups excluding carboxylic acids is 1. The molecule has 1 aromatic rings. The van der Waals surface area contributed by atoms with E-state index in [0.29, 0.717) is 18.0 Å². The van der Waals surface area contributed by atoms with E-state index in [1.54, 1.807) is 19.2 Å². The predicted octanol–water partition coefficient (Wildman–Crippen LogP) is 1.58. The number of morpholine rings is 1. The molecule has 6 nitrogen and oxygen atoms in total. The first-order valence-electron chi connectivity index (χ1n) is 6.66. The molecule has 6 heteroatoms. The van der Waals surface area contributed by atoms with Crippen molar-refractivity contribution in [2.75, 3.05) is 51.9 Å². The van der Waals surface area contributed by atoms with Crippen LogP contribution >= 0.6 is 0 Å². The summed E-state index contributed by atoms with van der Waals surface area (Å²) in [4.78, 5) is 13.9. The van der Waals surface area contributed by atoms with Crippen molar-refractivity contribution in [3.8, 4) is 5.75 Å². The Kier molecular flexibility index (Phi) is 5.64. The summed E-state index contributed by atoms with van der Waals surface area (Å²) in [5.74, 6) is 0.609. The van der Waals surface area contributed by atoms with Crippen molar-refractivity contribution in [1.82, 2.24) is 4.90 Å². The third-order valence-electron chi connectivity index (χ3n) is 3.09. The van der Waals surface area contributed by atoms with E-state index in [9.17, 15) is 4.79 Å². The molecular formula is C14H20N2O4. The van der Waals surface area contributed by atoms with Crippen LogP contribution in [0.25, 0.3) is 0 Å². The lowest BCUT2D eigenvalue weighted by Crippen LogP contribution is -2.38. The van der Waals surface area contributed by atoms with Gasteiger partial charge in [0.25, 0.3) is 0 Å². The van der Waals surface area contributed by atoms with Gasteiger partial charge in [-0.05, 0) is 12.1 Å². The first-order valence-corrected chi connectivity index (χ1v) is 6.66. The number of nitrogens with zero attached hydrogens (tertiary/aromatic N) is 1. The summed E-state index contributed by atoms with van der Waals surface area (Å²) in [6, 6.07) is 7.21. The van der Waals surface area contributed by atoms with Crippen molar-refractivity contribution in [2.24, 2.45) is 0 Å². The lowest BCUT2D eigenvalue weighted by molar-refractivity contribution is 0.0290. The second-order valence-electron chi connectivity index (χ2n) is 4.42. The number of para-hydroxylation sites is 2. The highest BCUT2D eigenvalue weighted by molar-refractivity contribution is 5.86. The van der Waals surface area contributed by atoms with Crippen molar-refractivity contribution in [1.29, 1.82) is 0 Å². The van der Waals surface area contributed by atoms with Crippen molar-refractivity contribution in [2.45, 2.75) is 0 Å². The first kappa shape index (κ1) is 14.6. The van der Waals surface area contributed by atoms with Crippen LogP contribution in [0.5, 0.6) is 5.75 Å². The molecule has 110 valence electrons. The zero-order valence-electron chi connectivity index (χ0n) is 11.6. The van der Waals surface area contributed by atoms with Gasteiger partial charge in [-0.1, -0.05) is 12.1 Å². The van der Waals surface area contributed by atoms with Crippen molar-refractivity contribution < 1.29 is 19.0 Å². The molecule has 1 aliphatic rings. The molecule has 0 aliphatic carbocycles. The molecule has 0 saturated carbocycles. The Balaban J connectivity index is 1.72. The molecular weight excluding hydrogens is 260 g/mol. The van der Waals surface area contributed by atoms with Crippen LogP contribution in [0.2, 0.25) is 0 Å². The SMILES string of the molecule is COc1ccccc1NC(=O)OCCN1CCOCC1. The summed E-state index contributed by atoms with van der Waals surface area (Å²) in [7, 11) is 1.56. The molecule has 1 N–H and O–H groups in total. The van der Waals surface area contributed by atoms with Gasteiger partial charge in [-0.25, -0.2) is 4.79 Å². The summed E-state index contributed by atoms with van der Waals surface area (Å²) < 4.78 is 15.6.